The van der Waals surface area contributed by atoms with Crippen molar-refractivity contribution in [2.75, 3.05) is 12.4 Å². The second kappa shape index (κ2) is 7.60. The van der Waals surface area contributed by atoms with Crippen LogP contribution in [0.4, 0.5) is 0 Å². The zero-order valence-electron chi connectivity index (χ0n) is 9.76. The minimum absolute atomic E-state index is 0.163. The van der Waals surface area contributed by atoms with Crippen molar-refractivity contribution in [2.24, 2.45) is 0 Å². The minimum Gasteiger partial charge on any atom is -0.395 e. The summed E-state index contributed by atoms with van der Waals surface area (Å²) >= 11 is 1.62. The van der Waals surface area contributed by atoms with Gasteiger partial charge >= 0.3 is 0 Å². The lowest BCUT2D eigenvalue weighted by atomic mass is 10.2. The lowest BCUT2D eigenvalue weighted by Crippen LogP contribution is -2.37. The van der Waals surface area contributed by atoms with E-state index >= 15 is 0 Å². The first-order valence-electron chi connectivity index (χ1n) is 5.49. The number of nitrogens with one attached hydrogen (secondary N) is 1. The molecule has 0 spiro atoms. The van der Waals surface area contributed by atoms with E-state index in [0.29, 0.717) is 6.04 Å². The van der Waals surface area contributed by atoms with Crippen LogP contribution in [-0.2, 0) is 0 Å². The van der Waals surface area contributed by atoms with E-state index in [2.05, 4.69) is 29.1 Å². The van der Waals surface area contributed by atoms with E-state index in [-0.39, 0.29) is 12.6 Å². The summed E-state index contributed by atoms with van der Waals surface area (Å²) in [5, 5.41) is 13.3. The highest BCUT2D eigenvalue weighted by Crippen LogP contribution is 2.13. The fraction of sp³-hybridized carbons (Fsp3) is 0.636. The van der Waals surface area contributed by atoms with Crippen LogP contribution in [0.1, 0.15) is 20.3 Å². The quantitative estimate of drug-likeness (QED) is 0.557. The summed E-state index contributed by atoms with van der Waals surface area (Å²) in [6, 6.07) is 2.37. The molecule has 0 saturated carbocycles. The van der Waals surface area contributed by atoms with Crippen molar-refractivity contribution in [3.63, 3.8) is 0 Å². The van der Waals surface area contributed by atoms with Gasteiger partial charge in [0.2, 0.25) is 0 Å². The van der Waals surface area contributed by atoms with E-state index in [1.54, 1.807) is 30.2 Å². The molecule has 1 unspecified atom stereocenters. The summed E-state index contributed by atoms with van der Waals surface area (Å²) in [5.41, 5.74) is 0. The zero-order chi connectivity index (χ0) is 11.8. The Morgan fingerprint density at radius 1 is 1.38 bits per heavy atom. The molecule has 0 aliphatic carbocycles. The van der Waals surface area contributed by atoms with Gasteiger partial charge in [0.1, 0.15) is 0 Å². The largest absolute Gasteiger partial charge is 0.395 e. The van der Waals surface area contributed by atoms with Crippen molar-refractivity contribution < 1.29 is 5.11 Å². The second-order valence-electron chi connectivity index (χ2n) is 3.87. The third-order valence-electron chi connectivity index (χ3n) is 2.03. The average Bonchev–Trinajstić information content (AvgIpc) is 2.28. The Bertz CT molecular complexity index is 282. The van der Waals surface area contributed by atoms with Crippen LogP contribution >= 0.6 is 11.8 Å². The topological polar surface area (TPSA) is 58.0 Å². The number of thioether (sulfide) groups is 1. The molecular formula is C11H19N3OS. The SMILES string of the molecule is CC(C)NC(CO)CCSc1ncccn1. The van der Waals surface area contributed by atoms with Gasteiger partial charge in [0, 0.05) is 30.2 Å². The van der Waals surface area contributed by atoms with Crippen LogP contribution in [0.25, 0.3) is 0 Å². The summed E-state index contributed by atoms with van der Waals surface area (Å²) in [7, 11) is 0. The van der Waals surface area contributed by atoms with Crippen molar-refractivity contribution in [3.05, 3.63) is 18.5 Å². The van der Waals surface area contributed by atoms with Gasteiger partial charge in [-0.1, -0.05) is 25.6 Å². The first kappa shape index (κ1) is 13.4. The zero-order valence-corrected chi connectivity index (χ0v) is 10.6. The van der Waals surface area contributed by atoms with Gasteiger partial charge in [-0.05, 0) is 12.5 Å². The van der Waals surface area contributed by atoms with Crippen LogP contribution < -0.4 is 5.32 Å². The van der Waals surface area contributed by atoms with Crippen molar-refractivity contribution in [2.45, 2.75) is 37.5 Å². The van der Waals surface area contributed by atoms with Gasteiger partial charge in [-0.25, -0.2) is 9.97 Å². The third-order valence-corrected chi connectivity index (χ3v) is 2.94. The molecule has 1 aromatic rings. The Hall–Kier alpha value is -0.650. The van der Waals surface area contributed by atoms with E-state index in [9.17, 15) is 0 Å². The van der Waals surface area contributed by atoms with Crippen LogP contribution in [0, 0.1) is 0 Å². The molecule has 0 aliphatic rings. The second-order valence-corrected chi connectivity index (χ2v) is 4.93. The molecule has 0 fully saturated rings. The third kappa shape index (κ3) is 5.44. The summed E-state index contributed by atoms with van der Waals surface area (Å²) in [5.74, 6) is 0.912. The van der Waals surface area contributed by atoms with E-state index in [1.807, 2.05) is 0 Å². The van der Waals surface area contributed by atoms with Crippen molar-refractivity contribution in [1.29, 1.82) is 0 Å². The van der Waals surface area contributed by atoms with Gasteiger partial charge in [-0.2, -0.15) is 0 Å². The predicted molar refractivity (Wildman–Crippen MR) is 66.5 cm³/mol. The Labute approximate surface area is 101 Å². The normalized spacial score (nSPS) is 13.0. The maximum atomic E-state index is 9.17. The molecule has 0 saturated heterocycles. The molecule has 1 atom stereocenters. The Balaban J connectivity index is 2.23. The number of aliphatic hydroxyl groups is 1. The number of aliphatic hydroxyl groups excluding tert-OH is 1. The van der Waals surface area contributed by atoms with Gasteiger partial charge in [0.25, 0.3) is 0 Å². The highest BCUT2D eigenvalue weighted by molar-refractivity contribution is 7.99. The van der Waals surface area contributed by atoms with Gasteiger partial charge in [0.05, 0.1) is 6.61 Å². The molecule has 1 aromatic heterocycles. The number of aromatic nitrogens is 2. The van der Waals surface area contributed by atoms with E-state index in [0.717, 1.165) is 17.3 Å². The first-order valence-corrected chi connectivity index (χ1v) is 6.47. The highest BCUT2D eigenvalue weighted by atomic mass is 32.2. The Morgan fingerprint density at radius 3 is 2.62 bits per heavy atom. The van der Waals surface area contributed by atoms with Crippen molar-refractivity contribution >= 4 is 11.8 Å². The molecule has 4 nitrogen and oxygen atoms in total. The molecule has 1 heterocycles. The van der Waals surface area contributed by atoms with Crippen LogP contribution in [0.3, 0.4) is 0 Å². The van der Waals surface area contributed by atoms with E-state index in [1.165, 1.54) is 0 Å². The van der Waals surface area contributed by atoms with Crippen LogP contribution in [0.15, 0.2) is 23.6 Å². The fourth-order valence-corrected chi connectivity index (χ4v) is 2.21. The van der Waals surface area contributed by atoms with Crippen LogP contribution in [-0.4, -0.2) is 39.5 Å². The number of rotatable bonds is 7. The molecule has 0 radical (unpaired) electrons. The smallest absolute Gasteiger partial charge is 0.187 e. The van der Waals surface area contributed by atoms with Crippen molar-refractivity contribution in [1.82, 2.24) is 15.3 Å². The molecule has 2 N–H and O–H groups in total. The molecule has 1 rings (SSSR count). The maximum absolute atomic E-state index is 9.17. The van der Waals surface area contributed by atoms with Crippen molar-refractivity contribution in [3.8, 4) is 0 Å². The standard InChI is InChI=1S/C11H19N3OS/c1-9(2)14-10(8-15)4-7-16-11-12-5-3-6-13-11/h3,5-6,9-10,14-15H,4,7-8H2,1-2H3. The summed E-state index contributed by atoms with van der Waals surface area (Å²) in [6.07, 6.45) is 4.40. The van der Waals surface area contributed by atoms with E-state index in [4.69, 9.17) is 5.11 Å². The predicted octanol–water partition coefficient (Wildman–Crippen LogP) is 1.32. The van der Waals surface area contributed by atoms with Gasteiger partial charge in [-0.3, -0.25) is 0 Å². The molecule has 0 aromatic carbocycles. The molecule has 5 heteroatoms. The summed E-state index contributed by atoms with van der Waals surface area (Å²) < 4.78 is 0. The summed E-state index contributed by atoms with van der Waals surface area (Å²) in [4.78, 5) is 8.26. The number of hydrogen-bond acceptors (Lipinski definition) is 5. The molecule has 90 valence electrons. The van der Waals surface area contributed by atoms with Gasteiger partial charge in [0.15, 0.2) is 5.16 Å². The lowest BCUT2D eigenvalue weighted by molar-refractivity contribution is 0.232. The number of hydrogen-bond donors (Lipinski definition) is 2. The molecule has 0 bridgehead atoms. The molecule has 0 aliphatic heterocycles. The van der Waals surface area contributed by atoms with Gasteiger partial charge in [-0.15, -0.1) is 0 Å². The highest BCUT2D eigenvalue weighted by Gasteiger charge is 2.08. The minimum atomic E-state index is 0.163. The molecule has 0 amide bonds. The Morgan fingerprint density at radius 2 is 2.06 bits per heavy atom. The Kier molecular flexibility index (Phi) is 6.37. The van der Waals surface area contributed by atoms with Crippen LogP contribution in [0.2, 0.25) is 0 Å². The monoisotopic (exact) mass is 241 g/mol. The fourth-order valence-electron chi connectivity index (χ4n) is 1.35. The maximum Gasteiger partial charge on any atom is 0.187 e. The first-order chi connectivity index (χ1) is 7.72. The lowest BCUT2D eigenvalue weighted by Gasteiger charge is -2.18. The van der Waals surface area contributed by atoms with E-state index < -0.39 is 0 Å². The van der Waals surface area contributed by atoms with Gasteiger partial charge < -0.3 is 10.4 Å². The van der Waals surface area contributed by atoms with Crippen LogP contribution in [0.5, 0.6) is 0 Å². The average molecular weight is 241 g/mol. The summed E-state index contributed by atoms with van der Waals surface area (Å²) in [6.45, 7) is 4.33. The molecular weight excluding hydrogens is 222 g/mol. The molecule has 16 heavy (non-hydrogen) atoms. The number of nitrogens with zero attached hydrogens (tertiary/aromatic N) is 2.